The van der Waals surface area contributed by atoms with Crippen LogP contribution in [0.1, 0.15) is 83.0 Å². The average Bonchev–Trinajstić information content (AvgIpc) is 1.94. The number of nitrogens with zero attached hydrogens (tertiary/aromatic N) is 4. The number of anilines is 4. The molecule has 0 bridgehead atoms. The van der Waals surface area contributed by atoms with E-state index in [1.807, 2.05) is 59.6 Å². The maximum Gasteiger partial charge on any atom is 0.135 e. The molecule has 0 atom stereocenters. The summed E-state index contributed by atoms with van der Waals surface area (Å²) in [6, 6.07) is 27.2. The van der Waals surface area contributed by atoms with Crippen LogP contribution in [0.4, 0.5) is 22.7 Å². The Morgan fingerprint density at radius 2 is 1.12 bits per heavy atom. The van der Waals surface area contributed by atoms with Gasteiger partial charge in [0.1, 0.15) is 5.82 Å². The maximum absolute atomic E-state index is 9.49. The molecule has 0 radical (unpaired) electrons. The van der Waals surface area contributed by atoms with Gasteiger partial charge < -0.3 is 14.4 Å². The predicted molar refractivity (Wildman–Crippen MR) is 281 cm³/mol. The fraction of sp³-hybridized carbons (Fsp3) is 0.143. The molecule has 0 fully saturated rings. The van der Waals surface area contributed by atoms with Crippen LogP contribution in [0, 0.1) is 32.6 Å². The summed E-state index contributed by atoms with van der Waals surface area (Å²) in [4.78, 5) is 8.42. The van der Waals surface area contributed by atoms with Gasteiger partial charge >= 0.3 is 0 Å². The van der Waals surface area contributed by atoms with Crippen LogP contribution in [0.5, 0.6) is 0 Å². The van der Waals surface area contributed by atoms with Crippen LogP contribution in [-0.2, 0) is 31.9 Å². The van der Waals surface area contributed by atoms with E-state index < -0.39 is 96.1 Å². The summed E-state index contributed by atoms with van der Waals surface area (Å²) in [5.74, 6) is 0.768. The molecular formula is C63H53N4Pt-3. The van der Waals surface area contributed by atoms with Crippen LogP contribution in [0.15, 0.2) is 188 Å². The van der Waals surface area contributed by atoms with Crippen molar-refractivity contribution in [1.82, 2.24) is 9.55 Å². The molecule has 0 aliphatic carbocycles. The van der Waals surface area contributed by atoms with Gasteiger partial charge in [-0.15, -0.1) is 17.7 Å². The van der Waals surface area contributed by atoms with Gasteiger partial charge in [-0.3, -0.25) is 0 Å². The summed E-state index contributed by atoms with van der Waals surface area (Å²) < 4.78 is 138. The molecule has 0 saturated heterocycles. The van der Waals surface area contributed by atoms with E-state index in [2.05, 4.69) is 81.7 Å². The number of aromatic nitrogens is 2. The Hall–Kier alpha value is -7.00. The molecule has 5 heteroatoms. The van der Waals surface area contributed by atoms with Crippen LogP contribution < -0.4 is 9.80 Å². The third-order valence-corrected chi connectivity index (χ3v) is 12.9. The first kappa shape index (κ1) is 30.4. The molecule has 0 amide bonds. The van der Waals surface area contributed by atoms with Gasteiger partial charge in [0.2, 0.25) is 0 Å². The zero-order chi connectivity index (χ0) is 59.1. The molecule has 2 aromatic heterocycles. The van der Waals surface area contributed by atoms with Crippen LogP contribution in [0.2, 0.25) is 0 Å². The van der Waals surface area contributed by atoms with E-state index in [0.29, 0.717) is 17.1 Å². The summed E-state index contributed by atoms with van der Waals surface area (Å²) in [5.41, 5.74) is 4.45. The standard InChI is InChI=1S/C63H53N4.Pt/c1-42-58(44-22-11-8-12-23-44)43(2)60(46-26-15-10-16-27-46)61(59(42)45-24-13-9-14-25-45)66-41-65(54-32-19-20-33-55(54)66)50-29-21-28-48(38-50)63(6,7)49-34-35-52-51-30-17-18-31-53(51)67(56(52)39-49)57-40-47(36-37-64-57)62(3,4)5;/h8-37,40-41H,1-7H3;/q-3;/i8D,9D,10D,11D,12D,13D,14D,15D,16D,22D,23D,24D,25D,26D,27D;. The number of hydrogen-bond acceptors (Lipinski definition) is 3. The zero-order valence-electron chi connectivity index (χ0n) is 53.4. The van der Waals surface area contributed by atoms with E-state index in [4.69, 9.17) is 17.3 Å². The molecule has 338 valence electrons. The quantitative estimate of drug-likeness (QED) is 0.142. The van der Waals surface area contributed by atoms with Crippen molar-refractivity contribution >= 4 is 44.6 Å². The van der Waals surface area contributed by atoms with E-state index >= 15 is 0 Å². The third-order valence-electron chi connectivity index (χ3n) is 12.9. The number of hydrogen-bond donors (Lipinski definition) is 0. The van der Waals surface area contributed by atoms with Crippen molar-refractivity contribution < 1.29 is 41.6 Å². The Balaban J connectivity index is 0.00000769. The summed E-state index contributed by atoms with van der Waals surface area (Å²) in [7, 11) is 0. The van der Waals surface area contributed by atoms with Crippen molar-refractivity contribution in [2.45, 2.75) is 59.3 Å². The molecule has 1 aliphatic heterocycles. The van der Waals surface area contributed by atoms with E-state index in [0.717, 1.165) is 44.3 Å². The minimum absolute atomic E-state index is 0. The minimum atomic E-state index is -0.735. The molecule has 0 spiro atoms. The van der Waals surface area contributed by atoms with Gasteiger partial charge in [-0.2, -0.15) is 53.6 Å². The number of fused-ring (bicyclic) bond motifs is 4. The Kier molecular flexibility index (Phi) is 7.86. The van der Waals surface area contributed by atoms with Gasteiger partial charge in [0.05, 0.1) is 20.6 Å². The minimum Gasteiger partial charge on any atom is -0.493 e. The Labute approximate surface area is 436 Å². The Morgan fingerprint density at radius 3 is 1.74 bits per heavy atom. The predicted octanol–water partition coefficient (Wildman–Crippen LogP) is 16.4. The molecule has 0 unspecified atom stereocenters. The largest absolute Gasteiger partial charge is 0.493 e. The molecule has 11 rings (SSSR count). The van der Waals surface area contributed by atoms with Crippen LogP contribution in [0.25, 0.3) is 61.0 Å². The van der Waals surface area contributed by atoms with Gasteiger partial charge in [-0.1, -0.05) is 161 Å². The van der Waals surface area contributed by atoms with Crippen molar-refractivity contribution in [2.75, 3.05) is 9.80 Å². The molecule has 10 aromatic rings. The summed E-state index contributed by atoms with van der Waals surface area (Å²) in [6.07, 6.45) is 1.84. The summed E-state index contributed by atoms with van der Waals surface area (Å²) in [5, 5.41) is 2.07. The van der Waals surface area contributed by atoms with Crippen LogP contribution in [0.3, 0.4) is 0 Å². The van der Waals surface area contributed by atoms with E-state index in [1.165, 1.54) is 0 Å². The van der Waals surface area contributed by atoms with Gasteiger partial charge in [-0.25, -0.2) is 4.98 Å². The second-order valence-electron chi connectivity index (χ2n) is 18.3. The number of pyridine rings is 1. The first-order chi connectivity index (χ1) is 38.7. The average molecular weight is 1080 g/mol. The van der Waals surface area contributed by atoms with E-state index in [9.17, 15) is 8.22 Å². The normalized spacial score (nSPS) is 15.8. The molecular weight excluding hydrogens is 1010 g/mol. The summed E-state index contributed by atoms with van der Waals surface area (Å²) in [6.45, 7) is 15.5. The second-order valence-corrected chi connectivity index (χ2v) is 18.3. The van der Waals surface area contributed by atoms with Crippen molar-refractivity contribution in [3.05, 3.63) is 234 Å². The van der Waals surface area contributed by atoms with Gasteiger partial charge in [0.25, 0.3) is 0 Å². The molecule has 68 heavy (non-hydrogen) atoms. The van der Waals surface area contributed by atoms with E-state index in [-0.39, 0.29) is 76.7 Å². The Bertz CT molecular complexity index is 4210. The van der Waals surface area contributed by atoms with Gasteiger partial charge in [-0.05, 0) is 99.3 Å². The number of benzene rings is 8. The smallest absolute Gasteiger partial charge is 0.135 e. The first-order valence-corrected chi connectivity index (χ1v) is 22.1. The van der Waals surface area contributed by atoms with E-state index in [1.54, 1.807) is 37.5 Å². The SMILES string of the molecule is [2H]c1c([2H])c([2H])c(-c2c(C)c(-c3c([2H])c([2H])c([2H])c([2H])c3[2H])c(N3[CH-]N(c4[c-]c(C(C)(C)c5[c-]c6c(cc5)c5ccccc5n6-c5cc(C(C)(C)C)ccn5)ccc4)c4ccccc43)c(-c3c([2H])c([2H])c([2H])c([2H])c3[2H])c2C)c([2H])c1[2H].[Pt]. The molecule has 4 nitrogen and oxygen atoms in total. The third kappa shape index (κ3) is 7.56. The van der Waals surface area contributed by atoms with Crippen molar-refractivity contribution in [3.63, 3.8) is 0 Å². The molecule has 3 heterocycles. The molecule has 8 aromatic carbocycles. The number of rotatable bonds is 8. The monoisotopic (exact) mass is 1080 g/mol. The van der Waals surface area contributed by atoms with Crippen molar-refractivity contribution in [1.29, 1.82) is 0 Å². The van der Waals surface area contributed by atoms with Crippen molar-refractivity contribution in [2.24, 2.45) is 0 Å². The summed E-state index contributed by atoms with van der Waals surface area (Å²) >= 11 is 0. The van der Waals surface area contributed by atoms with Gasteiger partial charge in [0.15, 0.2) is 0 Å². The number of para-hydroxylation sites is 3. The van der Waals surface area contributed by atoms with Gasteiger partial charge in [0, 0.05) is 61.0 Å². The first-order valence-electron chi connectivity index (χ1n) is 29.6. The van der Waals surface area contributed by atoms with Crippen LogP contribution in [-0.4, -0.2) is 9.55 Å². The molecule has 0 saturated carbocycles. The molecule has 0 N–H and O–H groups in total. The Morgan fingerprint density at radius 1 is 0.559 bits per heavy atom. The fourth-order valence-corrected chi connectivity index (χ4v) is 9.46. The molecule has 1 aliphatic rings. The second kappa shape index (κ2) is 17.6. The van der Waals surface area contributed by atoms with Crippen LogP contribution >= 0.6 is 0 Å². The van der Waals surface area contributed by atoms with Crippen molar-refractivity contribution in [3.8, 4) is 39.2 Å². The fourth-order valence-electron chi connectivity index (χ4n) is 9.46. The zero-order valence-corrected chi connectivity index (χ0v) is 40.7. The topological polar surface area (TPSA) is 24.3 Å². The maximum atomic E-state index is 9.49.